The van der Waals surface area contributed by atoms with Crippen molar-refractivity contribution >= 4 is 17.5 Å². The molecule has 0 radical (unpaired) electrons. The fraction of sp³-hybridized carbons (Fsp3) is 0.500. The van der Waals surface area contributed by atoms with E-state index in [1.54, 1.807) is 0 Å². The average molecular weight is 267 g/mol. The van der Waals surface area contributed by atoms with Crippen LogP contribution in [0.15, 0.2) is 30.3 Å². The van der Waals surface area contributed by atoms with Crippen LogP contribution >= 0.6 is 11.6 Å². The molecule has 2 rings (SSSR count). The van der Waals surface area contributed by atoms with Crippen LogP contribution in [0.3, 0.4) is 0 Å². The van der Waals surface area contributed by atoms with Gasteiger partial charge in [0, 0.05) is 32.7 Å². The van der Waals surface area contributed by atoms with E-state index in [0.717, 1.165) is 39.1 Å². The van der Waals surface area contributed by atoms with Crippen molar-refractivity contribution < 1.29 is 4.79 Å². The lowest BCUT2D eigenvalue weighted by molar-refractivity contribution is -0.130. The predicted molar refractivity (Wildman–Crippen MR) is 73.9 cm³/mol. The molecule has 1 amide bonds. The highest BCUT2D eigenvalue weighted by Crippen LogP contribution is 2.06. The van der Waals surface area contributed by atoms with Crippen LogP contribution in [0.4, 0.5) is 0 Å². The molecule has 0 unspecified atom stereocenters. The van der Waals surface area contributed by atoms with Gasteiger partial charge in [0.1, 0.15) is 5.88 Å². The Morgan fingerprint density at radius 3 is 2.39 bits per heavy atom. The molecule has 0 aliphatic carbocycles. The minimum absolute atomic E-state index is 0.0550. The molecule has 1 saturated heterocycles. The van der Waals surface area contributed by atoms with E-state index in [-0.39, 0.29) is 11.8 Å². The van der Waals surface area contributed by atoms with Gasteiger partial charge in [-0.15, -0.1) is 11.6 Å². The van der Waals surface area contributed by atoms with Crippen LogP contribution < -0.4 is 0 Å². The second kappa shape index (κ2) is 6.76. The van der Waals surface area contributed by atoms with E-state index in [0.29, 0.717) is 0 Å². The van der Waals surface area contributed by atoms with E-state index < -0.39 is 0 Å². The summed E-state index contributed by atoms with van der Waals surface area (Å²) >= 11 is 5.56. The first-order valence-electron chi connectivity index (χ1n) is 6.39. The van der Waals surface area contributed by atoms with Gasteiger partial charge in [0.2, 0.25) is 5.91 Å². The molecular weight excluding hydrogens is 248 g/mol. The van der Waals surface area contributed by atoms with E-state index in [2.05, 4.69) is 29.2 Å². The molecule has 0 bridgehead atoms. The molecule has 0 saturated carbocycles. The van der Waals surface area contributed by atoms with Crippen LogP contribution in [0.2, 0.25) is 0 Å². The van der Waals surface area contributed by atoms with Gasteiger partial charge in [-0.2, -0.15) is 0 Å². The van der Waals surface area contributed by atoms with Gasteiger partial charge in [0.15, 0.2) is 0 Å². The van der Waals surface area contributed by atoms with Gasteiger partial charge in [-0.1, -0.05) is 30.3 Å². The number of amides is 1. The first-order chi connectivity index (χ1) is 8.79. The average Bonchev–Trinajstić information content (AvgIpc) is 2.46. The number of rotatable bonds is 4. The molecule has 0 atom stereocenters. The highest BCUT2D eigenvalue weighted by Gasteiger charge is 2.19. The smallest absolute Gasteiger partial charge is 0.237 e. The van der Waals surface area contributed by atoms with Gasteiger partial charge in [-0.25, -0.2) is 0 Å². The SMILES string of the molecule is O=C(CCl)N1CCN(CCc2ccccc2)CC1. The van der Waals surface area contributed by atoms with Crippen LogP contribution in [0.1, 0.15) is 5.56 Å². The Hall–Kier alpha value is -1.06. The molecule has 0 N–H and O–H groups in total. The zero-order chi connectivity index (χ0) is 12.8. The van der Waals surface area contributed by atoms with Crippen LogP contribution in [-0.4, -0.2) is 54.3 Å². The van der Waals surface area contributed by atoms with Gasteiger partial charge in [0.25, 0.3) is 0 Å². The Kier molecular flexibility index (Phi) is 5.02. The quantitative estimate of drug-likeness (QED) is 0.773. The molecule has 4 heteroatoms. The Balaban J connectivity index is 1.72. The van der Waals surface area contributed by atoms with E-state index in [1.165, 1.54) is 5.56 Å². The molecule has 1 aliphatic rings. The third-order valence-corrected chi connectivity index (χ3v) is 3.63. The number of hydrogen-bond donors (Lipinski definition) is 0. The summed E-state index contributed by atoms with van der Waals surface area (Å²) in [7, 11) is 0. The lowest BCUT2D eigenvalue weighted by Gasteiger charge is -2.34. The van der Waals surface area contributed by atoms with Crippen molar-refractivity contribution in [1.29, 1.82) is 0 Å². The standard InChI is InChI=1S/C14H19ClN2O/c15-12-14(18)17-10-8-16(9-11-17)7-6-13-4-2-1-3-5-13/h1-5H,6-12H2. The maximum Gasteiger partial charge on any atom is 0.237 e. The number of piperazine rings is 1. The number of carbonyl (C=O) groups is 1. The van der Waals surface area contributed by atoms with Gasteiger partial charge in [0.05, 0.1) is 0 Å². The molecule has 1 aromatic rings. The summed E-state index contributed by atoms with van der Waals surface area (Å²) in [5.41, 5.74) is 1.37. The minimum Gasteiger partial charge on any atom is -0.339 e. The Labute approximate surface area is 113 Å². The number of halogens is 1. The van der Waals surface area contributed by atoms with Gasteiger partial charge in [-0.3, -0.25) is 9.69 Å². The number of benzene rings is 1. The summed E-state index contributed by atoms with van der Waals surface area (Å²) in [6.07, 6.45) is 1.07. The number of hydrogen-bond acceptors (Lipinski definition) is 2. The van der Waals surface area contributed by atoms with Crippen molar-refractivity contribution in [1.82, 2.24) is 9.80 Å². The van der Waals surface area contributed by atoms with Crippen LogP contribution in [-0.2, 0) is 11.2 Å². The van der Waals surface area contributed by atoms with Crippen molar-refractivity contribution in [3.05, 3.63) is 35.9 Å². The molecule has 1 fully saturated rings. The maximum absolute atomic E-state index is 11.4. The van der Waals surface area contributed by atoms with E-state index in [1.807, 2.05) is 11.0 Å². The zero-order valence-electron chi connectivity index (χ0n) is 10.5. The molecule has 0 aromatic heterocycles. The normalized spacial score (nSPS) is 16.8. The first kappa shape index (κ1) is 13.4. The largest absolute Gasteiger partial charge is 0.339 e. The Bertz CT molecular complexity index is 375. The van der Waals surface area contributed by atoms with Crippen molar-refractivity contribution in [2.45, 2.75) is 6.42 Å². The molecule has 1 aliphatic heterocycles. The lowest BCUT2D eigenvalue weighted by atomic mass is 10.1. The summed E-state index contributed by atoms with van der Waals surface area (Å²) in [6, 6.07) is 10.5. The van der Waals surface area contributed by atoms with Crippen LogP contribution in [0.5, 0.6) is 0 Å². The first-order valence-corrected chi connectivity index (χ1v) is 6.93. The predicted octanol–water partition coefficient (Wildman–Crippen LogP) is 1.61. The highest BCUT2D eigenvalue weighted by molar-refractivity contribution is 6.27. The lowest BCUT2D eigenvalue weighted by Crippen LogP contribution is -2.49. The van der Waals surface area contributed by atoms with Gasteiger partial charge < -0.3 is 4.90 Å². The monoisotopic (exact) mass is 266 g/mol. The summed E-state index contributed by atoms with van der Waals surface area (Å²) in [5.74, 6) is 0.156. The maximum atomic E-state index is 11.4. The van der Waals surface area contributed by atoms with Crippen molar-refractivity contribution in [2.24, 2.45) is 0 Å². The zero-order valence-corrected chi connectivity index (χ0v) is 11.3. The summed E-state index contributed by atoms with van der Waals surface area (Å²) in [6.45, 7) is 4.58. The van der Waals surface area contributed by atoms with Crippen molar-refractivity contribution in [3.63, 3.8) is 0 Å². The second-order valence-corrected chi connectivity index (χ2v) is 4.86. The summed E-state index contributed by atoms with van der Waals surface area (Å²) < 4.78 is 0. The van der Waals surface area contributed by atoms with E-state index >= 15 is 0 Å². The van der Waals surface area contributed by atoms with Crippen LogP contribution in [0.25, 0.3) is 0 Å². The summed E-state index contributed by atoms with van der Waals surface area (Å²) in [5, 5.41) is 0. The number of alkyl halides is 1. The third kappa shape index (κ3) is 3.72. The minimum atomic E-state index is 0.0550. The Morgan fingerprint density at radius 2 is 1.78 bits per heavy atom. The van der Waals surface area contributed by atoms with Gasteiger partial charge >= 0.3 is 0 Å². The molecule has 18 heavy (non-hydrogen) atoms. The fourth-order valence-electron chi connectivity index (χ4n) is 2.24. The topological polar surface area (TPSA) is 23.6 Å². The molecule has 3 nitrogen and oxygen atoms in total. The third-order valence-electron chi connectivity index (χ3n) is 3.40. The highest BCUT2D eigenvalue weighted by atomic mass is 35.5. The number of nitrogens with zero attached hydrogens (tertiary/aromatic N) is 2. The van der Waals surface area contributed by atoms with E-state index in [4.69, 9.17) is 11.6 Å². The number of carbonyl (C=O) groups excluding carboxylic acids is 1. The molecule has 0 spiro atoms. The second-order valence-electron chi connectivity index (χ2n) is 4.59. The van der Waals surface area contributed by atoms with E-state index in [9.17, 15) is 4.79 Å². The molecular formula is C14H19ClN2O. The molecule has 98 valence electrons. The van der Waals surface area contributed by atoms with Crippen molar-refractivity contribution in [3.8, 4) is 0 Å². The van der Waals surface area contributed by atoms with Gasteiger partial charge in [-0.05, 0) is 12.0 Å². The van der Waals surface area contributed by atoms with Crippen LogP contribution in [0, 0.1) is 0 Å². The van der Waals surface area contributed by atoms with Crippen molar-refractivity contribution in [2.75, 3.05) is 38.6 Å². The Morgan fingerprint density at radius 1 is 1.11 bits per heavy atom. The summed E-state index contributed by atoms with van der Waals surface area (Å²) in [4.78, 5) is 15.7. The molecule has 1 aromatic carbocycles. The molecule has 1 heterocycles. The fourth-order valence-corrected chi connectivity index (χ4v) is 2.41.